The van der Waals surface area contributed by atoms with Crippen LogP contribution in [0.1, 0.15) is 33.3 Å². The van der Waals surface area contributed by atoms with Crippen molar-refractivity contribution < 1.29 is 13.2 Å². The second-order valence-corrected chi connectivity index (χ2v) is 6.39. The molecule has 17 heavy (non-hydrogen) atoms. The van der Waals surface area contributed by atoms with Crippen molar-refractivity contribution in [2.24, 2.45) is 5.14 Å². The molecule has 0 fully saturated rings. The molecule has 0 amide bonds. The van der Waals surface area contributed by atoms with Crippen LogP contribution in [0.15, 0.2) is 23.1 Å². The van der Waals surface area contributed by atoms with Gasteiger partial charge in [0.1, 0.15) is 5.75 Å². The van der Waals surface area contributed by atoms with Crippen LogP contribution in [0.4, 0.5) is 0 Å². The number of primary sulfonamides is 1. The summed E-state index contributed by atoms with van der Waals surface area (Å²) in [6, 6.07) is 4.91. The molecular weight excluding hydrogens is 238 g/mol. The van der Waals surface area contributed by atoms with E-state index in [1.165, 1.54) is 6.07 Å². The summed E-state index contributed by atoms with van der Waals surface area (Å²) >= 11 is 0. The number of nitrogens with two attached hydrogens (primary N) is 1. The average Bonchev–Trinajstić information content (AvgIpc) is 2.14. The van der Waals surface area contributed by atoms with Gasteiger partial charge in [-0.15, -0.1) is 0 Å². The molecule has 96 valence electrons. The van der Waals surface area contributed by atoms with E-state index in [-0.39, 0.29) is 10.3 Å². The number of rotatable bonds is 3. The maximum atomic E-state index is 11.6. The first-order valence-corrected chi connectivity index (χ1v) is 7.01. The van der Waals surface area contributed by atoms with E-state index in [1.807, 2.05) is 27.7 Å². The smallest absolute Gasteiger partial charge is 0.238 e. The Hall–Kier alpha value is -1.07. The number of benzene rings is 1. The molecule has 0 aliphatic carbocycles. The zero-order valence-corrected chi connectivity index (χ0v) is 11.5. The van der Waals surface area contributed by atoms with Crippen molar-refractivity contribution in [1.82, 2.24) is 0 Å². The van der Waals surface area contributed by atoms with Crippen molar-refractivity contribution in [3.05, 3.63) is 23.8 Å². The summed E-state index contributed by atoms with van der Waals surface area (Å²) in [5.41, 5.74) is 0.275. The highest BCUT2D eigenvalue weighted by molar-refractivity contribution is 7.89. The van der Waals surface area contributed by atoms with Gasteiger partial charge in [0.25, 0.3) is 0 Å². The minimum absolute atomic E-state index is 0.135. The normalized spacial score (nSPS) is 12.5. The van der Waals surface area contributed by atoms with E-state index < -0.39 is 10.0 Å². The number of ether oxygens (including phenoxy) is 1. The van der Waals surface area contributed by atoms with Gasteiger partial charge < -0.3 is 4.74 Å². The Kier molecular flexibility index (Phi) is 3.84. The molecule has 0 saturated carbocycles. The van der Waals surface area contributed by atoms with Crippen molar-refractivity contribution in [2.75, 3.05) is 6.61 Å². The lowest BCUT2D eigenvalue weighted by Gasteiger charge is -2.25. The van der Waals surface area contributed by atoms with Crippen LogP contribution in [0, 0.1) is 0 Å². The Balaban J connectivity index is 3.57. The summed E-state index contributed by atoms with van der Waals surface area (Å²) in [6.45, 7) is 8.13. The van der Waals surface area contributed by atoms with Crippen molar-refractivity contribution in [3.8, 4) is 5.75 Å². The minimum Gasteiger partial charge on any atom is -0.494 e. The second-order valence-electron chi connectivity index (χ2n) is 4.86. The quantitative estimate of drug-likeness (QED) is 0.900. The van der Waals surface area contributed by atoms with E-state index in [9.17, 15) is 8.42 Å². The fraction of sp³-hybridized carbons (Fsp3) is 0.500. The van der Waals surface area contributed by atoms with Crippen LogP contribution in [0.2, 0.25) is 0 Å². The predicted octanol–water partition coefficient (Wildman–Crippen LogP) is 2.03. The fourth-order valence-electron chi connectivity index (χ4n) is 1.76. The molecule has 1 rings (SSSR count). The summed E-state index contributed by atoms with van der Waals surface area (Å²) in [4.78, 5) is 0.135. The third-order valence-electron chi connectivity index (χ3n) is 2.34. The van der Waals surface area contributed by atoms with E-state index in [0.29, 0.717) is 17.9 Å². The molecule has 0 spiro atoms. The molecule has 1 aromatic rings. The highest BCUT2D eigenvalue weighted by Crippen LogP contribution is 2.36. The Morgan fingerprint density at radius 2 is 1.88 bits per heavy atom. The maximum Gasteiger partial charge on any atom is 0.238 e. The zero-order chi connectivity index (χ0) is 13.3. The Morgan fingerprint density at radius 1 is 1.29 bits per heavy atom. The van der Waals surface area contributed by atoms with Gasteiger partial charge in [0.15, 0.2) is 0 Å². The first kappa shape index (κ1) is 14.0. The molecule has 0 heterocycles. The SMILES string of the molecule is CCOc1cccc(S(N)(=O)=O)c1C(C)(C)C. The lowest BCUT2D eigenvalue weighted by molar-refractivity contribution is 0.327. The third kappa shape index (κ3) is 3.20. The van der Waals surface area contributed by atoms with Crippen molar-refractivity contribution >= 4 is 10.0 Å². The Morgan fingerprint density at radius 3 is 2.29 bits per heavy atom. The van der Waals surface area contributed by atoms with Crippen molar-refractivity contribution in [1.29, 1.82) is 0 Å². The molecule has 4 nitrogen and oxygen atoms in total. The third-order valence-corrected chi connectivity index (χ3v) is 3.30. The lowest BCUT2D eigenvalue weighted by atomic mass is 9.86. The lowest BCUT2D eigenvalue weighted by Crippen LogP contribution is -2.22. The van der Waals surface area contributed by atoms with Gasteiger partial charge in [0.2, 0.25) is 10.0 Å². The summed E-state index contributed by atoms with van der Waals surface area (Å²) in [5, 5.41) is 5.24. The zero-order valence-electron chi connectivity index (χ0n) is 10.6. The number of hydrogen-bond acceptors (Lipinski definition) is 3. The van der Waals surface area contributed by atoms with Crippen LogP contribution in [-0.2, 0) is 15.4 Å². The summed E-state index contributed by atoms with van der Waals surface area (Å²) in [7, 11) is -3.74. The van der Waals surface area contributed by atoms with E-state index in [2.05, 4.69) is 0 Å². The highest BCUT2D eigenvalue weighted by Gasteiger charge is 2.27. The van der Waals surface area contributed by atoms with E-state index >= 15 is 0 Å². The standard InChI is InChI=1S/C12H19NO3S/c1-5-16-9-7-6-8-10(17(13,14)15)11(9)12(2,3)4/h6-8H,5H2,1-4H3,(H2,13,14,15). The minimum atomic E-state index is -3.74. The first-order chi connectivity index (χ1) is 7.68. The van der Waals surface area contributed by atoms with Gasteiger partial charge in [0, 0.05) is 5.56 Å². The average molecular weight is 257 g/mol. The fourth-order valence-corrected chi connectivity index (χ4v) is 2.72. The summed E-state index contributed by atoms with van der Waals surface area (Å²) < 4.78 is 28.6. The van der Waals surface area contributed by atoms with Gasteiger partial charge in [-0.3, -0.25) is 0 Å². The van der Waals surface area contributed by atoms with Gasteiger partial charge in [-0.05, 0) is 24.5 Å². The monoisotopic (exact) mass is 257 g/mol. The largest absolute Gasteiger partial charge is 0.494 e. The van der Waals surface area contributed by atoms with Gasteiger partial charge in [-0.25, -0.2) is 13.6 Å². The van der Waals surface area contributed by atoms with Crippen LogP contribution in [0.25, 0.3) is 0 Å². The van der Waals surface area contributed by atoms with Crippen molar-refractivity contribution in [3.63, 3.8) is 0 Å². The van der Waals surface area contributed by atoms with Crippen LogP contribution >= 0.6 is 0 Å². The van der Waals surface area contributed by atoms with Crippen LogP contribution < -0.4 is 9.88 Å². The molecule has 0 radical (unpaired) electrons. The molecule has 5 heteroatoms. The topological polar surface area (TPSA) is 69.4 Å². The molecule has 0 atom stereocenters. The van der Waals surface area contributed by atoms with Crippen LogP contribution in [0.3, 0.4) is 0 Å². The maximum absolute atomic E-state index is 11.6. The molecule has 0 unspecified atom stereocenters. The molecule has 0 aliphatic heterocycles. The Bertz CT molecular complexity index is 501. The van der Waals surface area contributed by atoms with Gasteiger partial charge in [-0.1, -0.05) is 26.8 Å². The van der Waals surface area contributed by atoms with Gasteiger partial charge in [0.05, 0.1) is 11.5 Å². The molecule has 0 saturated heterocycles. The van der Waals surface area contributed by atoms with E-state index in [1.54, 1.807) is 12.1 Å². The van der Waals surface area contributed by atoms with Crippen LogP contribution in [-0.4, -0.2) is 15.0 Å². The highest BCUT2D eigenvalue weighted by atomic mass is 32.2. The predicted molar refractivity (Wildman–Crippen MR) is 67.7 cm³/mol. The second kappa shape index (κ2) is 4.66. The molecule has 0 bridgehead atoms. The molecule has 0 aromatic heterocycles. The molecular formula is C12H19NO3S. The van der Waals surface area contributed by atoms with Crippen LogP contribution in [0.5, 0.6) is 5.75 Å². The molecule has 2 N–H and O–H groups in total. The van der Waals surface area contributed by atoms with Gasteiger partial charge in [-0.2, -0.15) is 0 Å². The van der Waals surface area contributed by atoms with E-state index in [0.717, 1.165) is 0 Å². The number of sulfonamides is 1. The van der Waals surface area contributed by atoms with Gasteiger partial charge >= 0.3 is 0 Å². The summed E-state index contributed by atoms with van der Waals surface area (Å²) in [5.74, 6) is 0.575. The number of hydrogen-bond donors (Lipinski definition) is 1. The molecule has 0 aliphatic rings. The molecule has 1 aromatic carbocycles. The van der Waals surface area contributed by atoms with E-state index in [4.69, 9.17) is 9.88 Å². The summed E-state index contributed by atoms with van der Waals surface area (Å²) in [6.07, 6.45) is 0. The Labute approximate surface area is 103 Å². The van der Waals surface area contributed by atoms with Crippen molar-refractivity contribution in [2.45, 2.75) is 38.0 Å². The first-order valence-electron chi connectivity index (χ1n) is 5.47.